The summed E-state index contributed by atoms with van der Waals surface area (Å²) in [6, 6.07) is -0.560. The van der Waals surface area contributed by atoms with Gasteiger partial charge in [-0.3, -0.25) is 0 Å². The Kier molecular flexibility index (Phi) is 4.02. The lowest BCUT2D eigenvalue weighted by atomic mass is 9.85. The summed E-state index contributed by atoms with van der Waals surface area (Å²) >= 11 is 0. The molecule has 0 spiro atoms. The van der Waals surface area contributed by atoms with E-state index in [9.17, 15) is 9.90 Å². The Morgan fingerprint density at radius 1 is 1.46 bits per heavy atom. The summed E-state index contributed by atoms with van der Waals surface area (Å²) in [6.07, 6.45) is 5.37. The van der Waals surface area contributed by atoms with Gasteiger partial charge in [-0.15, -0.1) is 0 Å². The van der Waals surface area contributed by atoms with Crippen molar-refractivity contribution in [1.29, 1.82) is 0 Å². The number of carbonyl (C=O) groups is 1. The highest BCUT2D eigenvalue weighted by Crippen LogP contribution is 2.25. The third-order valence-electron chi connectivity index (χ3n) is 2.68. The molecule has 4 N–H and O–H groups in total. The predicted molar refractivity (Wildman–Crippen MR) is 50.2 cm³/mol. The molecule has 0 aliphatic heterocycles. The maximum absolute atomic E-state index is 10.4. The van der Waals surface area contributed by atoms with E-state index < -0.39 is 12.1 Å². The molecular formula is C9H18N2O2. The summed E-state index contributed by atoms with van der Waals surface area (Å²) in [5.41, 5.74) is 4.91. The quantitative estimate of drug-likeness (QED) is 0.603. The SMILES string of the molecule is NC(=O)NCC(O)C1CCCCC1. The second-order valence-electron chi connectivity index (χ2n) is 3.71. The van der Waals surface area contributed by atoms with E-state index in [2.05, 4.69) is 5.32 Å². The fourth-order valence-electron chi connectivity index (χ4n) is 1.89. The van der Waals surface area contributed by atoms with Crippen molar-refractivity contribution in [2.24, 2.45) is 11.7 Å². The zero-order chi connectivity index (χ0) is 9.68. The number of carbonyl (C=O) groups excluding carboxylic acids is 1. The number of primary amides is 1. The fourth-order valence-corrected chi connectivity index (χ4v) is 1.89. The lowest BCUT2D eigenvalue weighted by Crippen LogP contribution is -2.39. The smallest absolute Gasteiger partial charge is 0.312 e. The molecule has 1 aliphatic rings. The van der Waals surface area contributed by atoms with Crippen molar-refractivity contribution < 1.29 is 9.90 Å². The first kappa shape index (κ1) is 10.3. The van der Waals surface area contributed by atoms with Gasteiger partial charge < -0.3 is 16.2 Å². The van der Waals surface area contributed by atoms with Crippen molar-refractivity contribution in [2.75, 3.05) is 6.54 Å². The summed E-state index contributed by atoms with van der Waals surface area (Å²) in [4.78, 5) is 10.4. The lowest BCUT2D eigenvalue weighted by Gasteiger charge is -2.26. The van der Waals surface area contributed by atoms with Gasteiger partial charge >= 0.3 is 6.03 Å². The minimum absolute atomic E-state index is 0.292. The first-order valence-electron chi connectivity index (χ1n) is 4.91. The van der Waals surface area contributed by atoms with Crippen molar-refractivity contribution in [1.82, 2.24) is 5.32 Å². The van der Waals surface area contributed by atoms with Crippen molar-refractivity contribution in [3.05, 3.63) is 0 Å². The Bertz CT molecular complexity index is 167. The number of hydrogen-bond acceptors (Lipinski definition) is 2. The molecule has 1 unspecified atom stereocenters. The second kappa shape index (κ2) is 5.07. The number of urea groups is 1. The maximum atomic E-state index is 10.4. The Morgan fingerprint density at radius 2 is 2.08 bits per heavy atom. The maximum Gasteiger partial charge on any atom is 0.312 e. The van der Waals surface area contributed by atoms with E-state index in [4.69, 9.17) is 5.73 Å². The third kappa shape index (κ3) is 3.63. The third-order valence-corrected chi connectivity index (χ3v) is 2.68. The molecule has 0 heterocycles. The highest BCUT2D eigenvalue weighted by Gasteiger charge is 2.21. The fraction of sp³-hybridized carbons (Fsp3) is 0.889. The molecule has 1 fully saturated rings. The monoisotopic (exact) mass is 186 g/mol. The molecule has 0 saturated heterocycles. The van der Waals surface area contributed by atoms with Crippen molar-refractivity contribution >= 4 is 6.03 Å². The van der Waals surface area contributed by atoms with Gasteiger partial charge in [0.05, 0.1) is 6.10 Å². The molecule has 1 rings (SSSR count). The first-order chi connectivity index (χ1) is 6.20. The number of amides is 2. The van der Waals surface area contributed by atoms with E-state index >= 15 is 0 Å². The normalized spacial score (nSPS) is 21.0. The molecule has 1 aliphatic carbocycles. The van der Waals surface area contributed by atoms with Gasteiger partial charge in [0, 0.05) is 6.54 Å². The molecule has 4 nitrogen and oxygen atoms in total. The van der Waals surface area contributed by atoms with Crippen LogP contribution in [-0.4, -0.2) is 23.8 Å². The van der Waals surface area contributed by atoms with Gasteiger partial charge in [0.25, 0.3) is 0 Å². The van der Waals surface area contributed by atoms with Crippen LogP contribution in [0.3, 0.4) is 0 Å². The van der Waals surface area contributed by atoms with Crippen LogP contribution in [-0.2, 0) is 0 Å². The number of nitrogens with one attached hydrogen (secondary N) is 1. The van der Waals surface area contributed by atoms with Gasteiger partial charge in [-0.2, -0.15) is 0 Å². The zero-order valence-electron chi connectivity index (χ0n) is 7.83. The van der Waals surface area contributed by atoms with Crippen LogP contribution in [0, 0.1) is 5.92 Å². The Balaban J connectivity index is 2.20. The van der Waals surface area contributed by atoms with Crippen LogP contribution in [0.2, 0.25) is 0 Å². The summed E-state index contributed by atoms with van der Waals surface area (Å²) in [5.74, 6) is 0.348. The van der Waals surface area contributed by atoms with Gasteiger partial charge in [0.15, 0.2) is 0 Å². The average molecular weight is 186 g/mol. The molecule has 0 aromatic heterocycles. The largest absolute Gasteiger partial charge is 0.391 e. The standard InChI is InChI=1S/C9H18N2O2/c10-9(13)11-6-8(12)7-4-2-1-3-5-7/h7-8,12H,1-6H2,(H3,10,11,13). The highest BCUT2D eigenvalue weighted by molar-refractivity contribution is 5.71. The average Bonchev–Trinajstić information content (AvgIpc) is 2.15. The Morgan fingerprint density at radius 3 is 2.62 bits per heavy atom. The summed E-state index contributed by atoms with van der Waals surface area (Å²) < 4.78 is 0. The minimum atomic E-state index is -0.560. The van der Waals surface area contributed by atoms with Gasteiger partial charge in [0.2, 0.25) is 0 Å². The zero-order valence-corrected chi connectivity index (χ0v) is 7.83. The van der Waals surface area contributed by atoms with Crippen LogP contribution in [0.15, 0.2) is 0 Å². The number of aliphatic hydroxyl groups is 1. The molecule has 0 radical (unpaired) electrons. The van der Waals surface area contributed by atoms with Gasteiger partial charge in [-0.1, -0.05) is 19.3 Å². The molecule has 1 saturated carbocycles. The van der Waals surface area contributed by atoms with E-state index in [-0.39, 0.29) is 0 Å². The summed E-state index contributed by atoms with van der Waals surface area (Å²) in [6.45, 7) is 0.292. The number of rotatable bonds is 3. The molecule has 4 heteroatoms. The molecule has 1 atom stereocenters. The first-order valence-corrected chi connectivity index (χ1v) is 4.91. The topological polar surface area (TPSA) is 75.4 Å². The molecule has 76 valence electrons. The van der Waals surface area contributed by atoms with Crippen LogP contribution in [0.25, 0.3) is 0 Å². The van der Waals surface area contributed by atoms with Crippen molar-refractivity contribution in [3.63, 3.8) is 0 Å². The Hall–Kier alpha value is -0.770. The van der Waals surface area contributed by atoms with Gasteiger partial charge in [-0.05, 0) is 18.8 Å². The minimum Gasteiger partial charge on any atom is -0.391 e. The predicted octanol–water partition coefficient (Wildman–Crippen LogP) is 0.596. The molecule has 13 heavy (non-hydrogen) atoms. The van der Waals surface area contributed by atoms with Crippen LogP contribution in [0.4, 0.5) is 4.79 Å². The highest BCUT2D eigenvalue weighted by atomic mass is 16.3. The van der Waals surface area contributed by atoms with Crippen LogP contribution in [0.1, 0.15) is 32.1 Å². The Labute approximate surface area is 78.5 Å². The number of aliphatic hydroxyl groups excluding tert-OH is 1. The molecular weight excluding hydrogens is 168 g/mol. The van der Waals surface area contributed by atoms with Gasteiger partial charge in [-0.25, -0.2) is 4.79 Å². The second-order valence-corrected chi connectivity index (χ2v) is 3.71. The van der Waals surface area contributed by atoms with E-state index in [0.29, 0.717) is 12.5 Å². The molecule has 0 aromatic carbocycles. The van der Waals surface area contributed by atoms with Crippen LogP contribution >= 0.6 is 0 Å². The number of nitrogens with two attached hydrogens (primary N) is 1. The summed E-state index contributed by atoms with van der Waals surface area (Å²) in [7, 11) is 0. The van der Waals surface area contributed by atoms with Crippen molar-refractivity contribution in [2.45, 2.75) is 38.2 Å². The number of hydrogen-bond donors (Lipinski definition) is 3. The molecule has 2 amide bonds. The van der Waals surface area contributed by atoms with Crippen molar-refractivity contribution in [3.8, 4) is 0 Å². The molecule has 0 aromatic rings. The molecule has 0 bridgehead atoms. The van der Waals surface area contributed by atoms with Gasteiger partial charge in [0.1, 0.15) is 0 Å². The van der Waals surface area contributed by atoms with Crippen LogP contribution in [0.5, 0.6) is 0 Å². The van der Waals surface area contributed by atoms with E-state index in [0.717, 1.165) is 12.8 Å². The van der Waals surface area contributed by atoms with E-state index in [1.165, 1.54) is 19.3 Å². The van der Waals surface area contributed by atoms with E-state index in [1.807, 2.05) is 0 Å². The van der Waals surface area contributed by atoms with Crippen LogP contribution < -0.4 is 11.1 Å². The summed E-state index contributed by atoms with van der Waals surface area (Å²) in [5, 5.41) is 12.1. The lowest BCUT2D eigenvalue weighted by molar-refractivity contribution is 0.0862. The van der Waals surface area contributed by atoms with E-state index in [1.54, 1.807) is 0 Å².